The third kappa shape index (κ3) is 2.91. The monoisotopic (exact) mass is 297 g/mol. The highest BCUT2D eigenvalue weighted by atomic mass is 16.1. The number of nitrogens with zero attached hydrogens (tertiary/aromatic N) is 3. The number of hydrogen-bond acceptors (Lipinski definition) is 3. The standard InChI is InChI=1S/C18H23N3O/c1-14(2)21-17(22)13-16(20-11-7-4-8-12-20)18(19-21)15-9-5-3-6-10-15/h3,5-6,9-10,13-14H,4,7-8,11-12H2,1-2H3. The van der Waals surface area contributed by atoms with Gasteiger partial charge in [0.15, 0.2) is 0 Å². The van der Waals surface area contributed by atoms with Crippen LogP contribution in [0, 0.1) is 0 Å². The minimum Gasteiger partial charge on any atom is -0.370 e. The van der Waals surface area contributed by atoms with Crippen molar-refractivity contribution in [1.29, 1.82) is 0 Å². The van der Waals surface area contributed by atoms with Gasteiger partial charge in [0.25, 0.3) is 5.56 Å². The van der Waals surface area contributed by atoms with E-state index < -0.39 is 0 Å². The summed E-state index contributed by atoms with van der Waals surface area (Å²) in [6.45, 7) is 5.99. The van der Waals surface area contributed by atoms with Crippen LogP contribution < -0.4 is 10.5 Å². The first-order valence-electron chi connectivity index (χ1n) is 8.11. The number of benzene rings is 1. The predicted octanol–water partition coefficient (Wildman–Crippen LogP) is 3.48. The quantitative estimate of drug-likeness (QED) is 0.870. The molecule has 0 saturated carbocycles. The van der Waals surface area contributed by atoms with Gasteiger partial charge in [0, 0.05) is 24.7 Å². The smallest absolute Gasteiger partial charge is 0.269 e. The molecule has 0 N–H and O–H groups in total. The minimum absolute atomic E-state index is 0.0183. The Balaban J connectivity index is 2.14. The second-order valence-electron chi connectivity index (χ2n) is 6.17. The molecule has 2 aromatic rings. The van der Waals surface area contributed by atoms with Gasteiger partial charge in [-0.2, -0.15) is 5.10 Å². The summed E-state index contributed by atoms with van der Waals surface area (Å²) in [7, 11) is 0. The van der Waals surface area contributed by atoms with Gasteiger partial charge in [-0.25, -0.2) is 4.68 Å². The van der Waals surface area contributed by atoms with E-state index >= 15 is 0 Å². The molecule has 0 bridgehead atoms. The number of rotatable bonds is 3. The maximum absolute atomic E-state index is 12.4. The van der Waals surface area contributed by atoms with E-state index in [0.717, 1.165) is 30.0 Å². The fraction of sp³-hybridized carbons (Fsp3) is 0.444. The van der Waals surface area contributed by atoms with E-state index in [1.54, 1.807) is 10.7 Å². The largest absolute Gasteiger partial charge is 0.370 e. The van der Waals surface area contributed by atoms with Gasteiger partial charge < -0.3 is 4.90 Å². The van der Waals surface area contributed by atoms with Gasteiger partial charge in [0.1, 0.15) is 5.69 Å². The van der Waals surface area contributed by atoms with Crippen molar-refractivity contribution in [3.8, 4) is 11.3 Å². The van der Waals surface area contributed by atoms with Crippen LogP contribution in [0.2, 0.25) is 0 Å². The number of hydrogen-bond donors (Lipinski definition) is 0. The van der Waals surface area contributed by atoms with Crippen molar-refractivity contribution in [2.75, 3.05) is 18.0 Å². The van der Waals surface area contributed by atoms with Crippen molar-refractivity contribution in [2.45, 2.75) is 39.2 Å². The van der Waals surface area contributed by atoms with Crippen molar-refractivity contribution in [1.82, 2.24) is 9.78 Å². The summed E-state index contributed by atoms with van der Waals surface area (Å²) in [6.07, 6.45) is 3.64. The summed E-state index contributed by atoms with van der Waals surface area (Å²) in [5.74, 6) is 0. The molecule has 0 radical (unpaired) electrons. The summed E-state index contributed by atoms with van der Waals surface area (Å²) < 4.78 is 1.58. The number of aromatic nitrogens is 2. The van der Waals surface area contributed by atoms with E-state index in [9.17, 15) is 4.79 Å². The van der Waals surface area contributed by atoms with Crippen LogP contribution in [-0.4, -0.2) is 22.9 Å². The van der Waals surface area contributed by atoms with Crippen LogP contribution in [0.1, 0.15) is 39.2 Å². The fourth-order valence-electron chi connectivity index (χ4n) is 3.01. The van der Waals surface area contributed by atoms with Crippen LogP contribution in [0.15, 0.2) is 41.2 Å². The summed E-state index contributed by atoms with van der Waals surface area (Å²) in [5.41, 5.74) is 2.94. The molecule has 4 nitrogen and oxygen atoms in total. The Morgan fingerprint density at radius 1 is 1.05 bits per heavy atom. The summed E-state index contributed by atoms with van der Waals surface area (Å²) in [4.78, 5) is 14.7. The van der Waals surface area contributed by atoms with Crippen molar-refractivity contribution in [2.24, 2.45) is 0 Å². The van der Waals surface area contributed by atoms with Crippen LogP contribution in [0.3, 0.4) is 0 Å². The molecule has 0 atom stereocenters. The molecule has 0 aliphatic carbocycles. The van der Waals surface area contributed by atoms with E-state index in [1.807, 2.05) is 32.0 Å². The molecule has 0 unspecified atom stereocenters. The Bertz CT molecular complexity index is 685. The highest BCUT2D eigenvalue weighted by molar-refractivity contribution is 5.74. The molecule has 4 heteroatoms. The molecule has 0 amide bonds. The van der Waals surface area contributed by atoms with E-state index in [1.165, 1.54) is 19.3 Å². The zero-order chi connectivity index (χ0) is 15.5. The van der Waals surface area contributed by atoms with Gasteiger partial charge in [0.05, 0.1) is 11.7 Å². The topological polar surface area (TPSA) is 38.1 Å². The zero-order valence-electron chi connectivity index (χ0n) is 13.3. The van der Waals surface area contributed by atoms with Crippen LogP contribution in [0.5, 0.6) is 0 Å². The molecule has 1 aromatic heterocycles. The molecule has 22 heavy (non-hydrogen) atoms. The summed E-state index contributed by atoms with van der Waals surface area (Å²) >= 11 is 0. The first-order chi connectivity index (χ1) is 10.7. The summed E-state index contributed by atoms with van der Waals surface area (Å²) in [6, 6.07) is 12.0. The highest BCUT2D eigenvalue weighted by Crippen LogP contribution is 2.29. The molecule has 0 spiro atoms. The maximum Gasteiger partial charge on any atom is 0.269 e. The Labute approximate surface area is 131 Å². The van der Waals surface area contributed by atoms with E-state index in [4.69, 9.17) is 0 Å². The molecule has 1 aliphatic rings. The van der Waals surface area contributed by atoms with Gasteiger partial charge in [-0.3, -0.25) is 4.79 Å². The lowest BCUT2D eigenvalue weighted by Gasteiger charge is -2.30. The Hall–Kier alpha value is -2.10. The lowest BCUT2D eigenvalue weighted by molar-refractivity contribution is 0.502. The third-order valence-corrected chi connectivity index (χ3v) is 4.17. The van der Waals surface area contributed by atoms with E-state index in [-0.39, 0.29) is 11.6 Å². The fourth-order valence-corrected chi connectivity index (χ4v) is 3.01. The molecule has 1 aromatic carbocycles. The normalized spacial score (nSPS) is 15.3. The molecular formula is C18H23N3O. The molecule has 1 saturated heterocycles. The molecule has 2 heterocycles. The molecular weight excluding hydrogens is 274 g/mol. The van der Waals surface area contributed by atoms with Gasteiger partial charge >= 0.3 is 0 Å². The Morgan fingerprint density at radius 3 is 2.36 bits per heavy atom. The first-order valence-corrected chi connectivity index (χ1v) is 8.11. The SMILES string of the molecule is CC(C)n1nc(-c2ccccc2)c(N2CCCCC2)cc1=O. The Kier molecular flexibility index (Phi) is 4.27. The highest BCUT2D eigenvalue weighted by Gasteiger charge is 2.19. The van der Waals surface area contributed by atoms with E-state index in [0.29, 0.717) is 0 Å². The number of anilines is 1. The molecule has 1 fully saturated rings. The third-order valence-electron chi connectivity index (χ3n) is 4.17. The number of piperidine rings is 1. The molecule has 3 rings (SSSR count). The summed E-state index contributed by atoms with van der Waals surface area (Å²) in [5, 5.41) is 4.68. The van der Waals surface area contributed by atoms with Crippen molar-refractivity contribution < 1.29 is 0 Å². The van der Waals surface area contributed by atoms with Crippen molar-refractivity contribution >= 4 is 5.69 Å². The average Bonchev–Trinajstić information content (AvgIpc) is 2.56. The molecule has 1 aliphatic heterocycles. The lowest BCUT2D eigenvalue weighted by atomic mass is 10.1. The lowest BCUT2D eigenvalue weighted by Crippen LogP contribution is -2.33. The second-order valence-corrected chi connectivity index (χ2v) is 6.17. The first kappa shape index (κ1) is 14.8. The van der Waals surface area contributed by atoms with E-state index in [2.05, 4.69) is 22.1 Å². The van der Waals surface area contributed by atoms with Crippen molar-refractivity contribution in [3.63, 3.8) is 0 Å². The van der Waals surface area contributed by atoms with Crippen LogP contribution in [-0.2, 0) is 0 Å². The van der Waals surface area contributed by atoms with Gasteiger partial charge in [-0.15, -0.1) is 0 Å². The van der Waals surface area contributed by atoms with Crippen LogP contribution in [0.4, 0.5) is 5.69 Å². The predicted molar refractivity (Wildman–Crippen MR) is 90.4 cm³/mol. The average molecular weight is 297 g/mol. The minimum atomic E-state index is -0.0183. The van der Waals surface area contributed by atoms with Crippen LogP contribution >= 0.6 is 0 Å². The van der Waals surface area contributed by atoms with Crippen LogP contribution in [0.25, 0.3) is 11.3 Å². The zero-order valence-corrected chi connectivity index (χ0v) is 13.3. The van der Waals surface area contributed by atoms with Gasteiger partial charge in [-0.05, 0) is 33.1 Å². The van der Waals surface area contributed by atoms with Crippen molar-refractivity contribution in [3.05, 3.63) is 46.8 Å². The second kappa shape index (κ2) is 6.34. The van der Waals surface area contributed by atoms with Gasteiger partial charge in [0.2, 0.25) is 0 Å². The molecule has 116 valence electrons. The van der Waals surface area contributed by atoms with Gasteiger partial charge in [-0.1, -0.05) is 30.3 Å². The maximum atomic E-state index is 12.4. The Morgan fingerprint density at radius 2 is 1.73 bits per heavy atom.